The molecule has 0 saturated carbocycles. The first kappa shape index (κ1) is 10.1. The van der Waals surface area contributed by atoms with Gasteiger partial charge in [0.1, 0.15) is 0 Å². The van der Waals surface area contributed by atoms with E-state index in [0.717, 1.165) is 0 Å². The quantitative estimate of drug-likeness (QED) is 0.369. The third-order valence-corrected chi connectivity index (χ3v) is 1.91. The lowest BCUT2D eigenvalue weighted by Crippen LogP contribution is -2.47. The van der Waals surface area contributed by atoms with Crippen LogP contribution in [0.15, 0.2) is 0 Å². The summed E-state index contributed by atoms with van der Waals surface area (Å²) in [7, 11) is -4.35. The Morgan fingerprint density at radius 2 is 2.09 bits per heavy atom. The van der Waals surface area contributed by atoms with Gasteiger partial charge < -0.3 is 16.8 Å². The van der Waals surface area contributed by atoms with Crippen LogP contribution in [0.1, 0.15) is 0 Å². The van der Waals surface area contributed by atoms with E-state index in [4.69, 9.17) is 10.3 Å². The largest absolute Gasteiger partial charge is 0.352 e. The number of amides is 2. The Hall–Kier alpha value is -0.860. The first-order valence-electron chi connectivity index (χ1n) is 2.60. The molecule has 0 aliphatic carbocycles. The van der Waals surface area contributed by atoms with Crippen molar-refractivity contribution >= 4 is 16.1 Å². The molecule has 0 rings (SSSR count). The highest BCUT2D eigenvalue weighted by Crippen LogP contribution is 1.90. The first-order chi connectivity index (χ1) is 4.88. The van der Waals surface area contributed by atoms with E-state index < -0.39 is 28.1 Å². The maximum Gasteiger partial charge on any atom is 0.313 e. The summed E-state index contributed by atoms with van der Waals surface area (Å²) >= 11 is 0. The summed E-state index contributed by atoms with van der Waals surface area (Å²) in [4.78, 5) is 10.1. The van der Waals surface area contributed by atoms with E-state index >= 15 is 0 Å². The van der Waals surface area contributed by atoms with Gasteiger partial charge in [0.2, 0.25) is 0 Å². The van der Waals surface area contributed by atoms with E-state index in [2.05, 4.69) is 5.73 Å². The van der Waals surface area contributed by atoms with Crippen LogP contribution in [0, 0.1) is 0 Å². The lowest BCUT2D eigenvalue weighted by atomic mass is 10.6. The molecular weight excluding hydrogens is 174 g/mol. The zero-order chi connectivity index (χ0) is 9.07. The summed E-state index contributed by atoms with van der Waals surface area (Å²) in [6.07, 6.45) is 0. The standard InChI is InChI=1S/C3H9N3O4S/c4-1-2(6-3(5)7)11(8,9)10/h2H,1,4H2,(H3,5,6,7)(H,8,9,10). The molecule has 0 radical (unpaired) electrons. The van der Waals surface area contributed by atoms with Crippen molar-refractivity contribution < 1.29 is 17.8 Å². The molecule has 1 unspecified atom stereocenters. The SMILES string of the molecule is NCC(NC(N)=O)S(=O)(=O)O. The van der Waals surface area contributed by atoms with Crippen LogP contribution in [0.5, 0.6) is 0 Å². The summed E-state index contributed by atoms with van der Waals surface area (Å²) in [6, 6.07) is -1.06. The second-order valence-electron chi connectivity index (χ2n) is 1.75. The fourth-order valence-corrected chi connectivity index (χ4v) is 0.922. The zero-order valence-corrected chi connectivity index (χ0v) is 6.34. The van der Waals surface area contributed by atoms with Gasteiger partial charge in [-0.2, -0.15) is 8.42 Å². The van der Waals surface area contributed by atoms with Crippen LogP contribution in [0.2, 0.25) is 0 Å². The Morgan fingerprint density at radius 1 is 1.64 bits per heavy atom. The molecule has 0 heterocycles. The average molecular weight is 183 g/mol. The van der Waals surface area contributed by atoms with E-state index in [0.29, 0.717) is 0 Å². The molecule has 0 aliphatic heterocycles. The second kappa shape index (κ2) is 3.51. The molecule has 0 spiro atoms. The number of urea groups is 1. The number of hydrogen-bond acceptors (Lipinski definition) is 4. The van der Waals surface area contributed by atoms with Gasteiger partial charge in [-0.05, 0) is 0 Å². The third-order valence-electron chi connectivity index (χ3n) is 0.877. The molecule has 0 aromatic carbocycles. The van der Waals surface area contributed by atoms with Gasteiger partial charge in [0, 0.05) is 6.54 Å². The molecule has 0 saturated heterocycles. The summed E-state index contributed by atoms with van der Waals surface area (Å²) < 4.78 is 29.0. The van der Waals surface area contributed by atoms with Gasteiger partial charge in [0.05, 0.1) is 0 Å². The lowest BCUT2D eigenvalue weighted by molar-refractivity contribution is 0.247. The molecular formula is C3H9N3O4S. The highest BCUT2D eigenvalue weighted by atomic mass is 32.2. The van der Waals surface area contributed by atoms with Crippen LogP contribution in [-0.4, -0.2) is 30.9 Å². The minimum absolute atomic E-state index is 0.429. The van der Waals surface area contributed by atoms with Crippen molar-refractivity contribution in [2.45, 2.75) is 5.37 Å². The number of rotatable bonds is 3. The predicted octanol–water partition coefficient (Wildman–Crippen LogP) is -2.17. The monoisotopic (exact) mass is 183 g/mol. The maximum atomic E-state index is 10.3. The van der Waals surface area contributed by atoms with Gasteiger partial charge in [-0.25, -0.2) is 4.79 Å². The Kier molecular flexibility index (Phi) is 3.23. The molecule has 0 aromatic rings. The lowest BCUT2D eigenvalue weighted by Gasteiger charge is -2.10. The van der Waals surface area contributed by atoms with Gasteiger partial charge >= 0.3 is 6.03 Å². The van der Waals surface area contributed by atoms with Gasteiger partial charge in [0.25, 0.3) is 10.1 Å². The van der Waals surface area contributed by atoms with E-state index in [1.54, 1.807) is 5.32 Å². The molecule has 66 valence electrons. The van der Waals surface area contributed by atoms with Crippen LogP contribution >= 0.6 is 0 Å². The normalized spacial score (nSPS) is 14.0. The molecule has 0 aromatic heterocycles. The van der Waals surface area contributed by atoms with Crippen molar-refractivity contribution in [3.63, 3.8) is 0 Å². The number of hydrogen-bond donors (Lipinski definition) is 4. The minimum atomic E-state index is -4.35. The number of carbonyl (C=O) groups excluding carboxylic acids is 1. The number of carbonyl (C=O) groups is 1. The summed E-state index contributed by atoms with van der Waals surface area (Å²) in [5.74, 6) is 0. The number of primary amides is 1. The zero-order valence-electron chi connectivity index (χ0n) is 5.52. The summed E-state index contributed by atoms with van der Waals surface area (Å²) in [5, 5.41) is 0.218. The fraction of sp³-hybridized carbons (Fsp3) is 0.667. The van der Waals surface area contributed by atoms with Gasteiger partial charge in [-0.15, -0.1) is 0 Å². The highest BCUT2D eigenvalue weighted by Gasteiger charge is 2.21. The van der Waals surface area contributed by atoms with E-state index in [-0.39, 0.29) is 0 Å². The molecule has 2 amide bonds. The summed E-state index contributed by atoms with van der Waals surface area (Å²) in [5.41, 5.74) is 9.48. The Labute approximate surface area is 63.5 Å². The van der Waals surface area contributed by atoms with Crippen LogP contribution in [-0.2, 0) is 10.1 Å². The third kappa shape index (κ3) is 3.75. The Morgan fingerprint density at radius 3 is 2.18 bits per heavy atom. The molecule has 6 N–H and O–H groups in total. The predicted molar refractivity (Wildman–Crippen MR) is 37.1 cm³/mol. The molecule has 1 atom stereocenters. The van der Waals surface area contributed by atoms with E-state index in [9.17, 15) is 13.2 Å². The topological polar surface area (TPSA) is 136 Å². The average Bonchev–Trinajstić information content (AvgIpc) is 1.79. The van der Waals surface area contributed by atoms with Crippen molar-refractivity contribution in [1.29, 1.82) is 0 Å². The van der Waals surface area contributed by atoms with Crippen LogP contribution in [0.25, 0.3) is 0 Å². The van der Waals surface area contributed by atoms with Crippen molar-refractivity contribution in [2.24, 2.45) is 11.5 Å². The first-order valence-corrected chi connectivity index (χ1v) is 4.10. The molecule has 7 nitrogen and oxygen atoms in total. The van der Waals surface area contributed by atoms with Crippen molar-refractivity contribution in [2.75, 3.05) is 6.54 Å². The van der Waals surface area contributed by atoms with Crippen molar-refractivity contribution in [3.8, 4) is 0 Å². The van der Waals surface area contributed by atoms with Crippen LogP contribution in [0.3, 0.4) is 0 Å². The smallest absolute Gasteiger partial charge is 0.313 e. The fourth-order valence-electron chi connectivity index (χ4n) is 0.414. The number of nitrogens with two attached hydrogens (primary N) is 2. The minimum Gasteiger partial charge on any atom is -0.352 e. The second-order valence-corrected chi connectivity index (χ2v) is 3.35. The van der Waals surface area contributed by atoms with Gasteiger partial charge in [-0.1, -0.05) is 0 Å². The molecule has 11 heavy (non-hydrogen) atoms. The maximum absolute atomic E-state index is 10.3. The molecule has 0 fully saturated rings. The molecule has 0 aliphatic rings. The van der Waals surface area contributed by atoms with Gasteiger partial charge in [-0.3, -0.25) is 4.55 Å². The number of nitrogens with one attached hydrogen (secondary N) is 1. The highest BCUT2D eigenvalue weighted by molar-refractivity contribution is 7.86. The van der Waals surface area contributed by atoms with Crippen LogP contribution < -0.4 is 16.8 Å². The van der Waals surface area contributed by atoms with E-state index in [1.807, 2.05) is 0 Å². The van der Waals surface area contributed by atoms with Crippen molar-refractivity contribution in [1.82, 2.24) is 5.32 Å². The van der Waals surface area contributed by atoms with Crippen LogP contribution in [0.4, 0.5) is 4.79 Å². The van der Waals surface area contributed by atoms with Crippen molar-refractivity contribution in [3.05, 3.63) is 0 Å². The van der Waals surface area contributed by atoms with E-state index in [1.165, 1.54) is 0 Å². The molecule has 8 heteroatoms. The molecule has 0 bridgehead atoms. The Balaban J connectivity index is 4.31. The summed E-state index contributed by atoms with van der Waals surface area (Å²) in [6.45, 7) is -0.429. The van der Waals surface area contributed by atoms with Gasteiger partial charge in [0.15, 0.2) is 5.37 Å². The Bertz CT molecular complexity index is 235.